The molecule has 0 saturated heterocycles. The highest BCUT2D eigenvalue weighted by Crippen LogP contribution is 2.22. The number of carbonyl (C=O) groups excluding carboxylic acids is 1. The molecule has 0 aromatic carbocycles. The fraction of sp³-hybridized carbons (Fsp3) is 0.357. The predicted octanol–water partition coefficient (Wildman–Crippen LogP) is 1.32. The molecular formula is C14H15N3O3. The zero-order valence-corrected chi connectivity index (χ0v) is 11.2. The van der Waals surface area contributed by atoms with Crippen LogP contribution in [0.15, 0.2) is 29.1 Å². The van der Waals surface area contributed by atoms with Gasteiger partial charge in [0, 0.05) is 25.1 Å². The Balaban J connectivity index is 1.81. The normalized spacial score (nSPS) is 14.6. The van der Waals surface area contributed by atoms with Gasteiger partial charge in [-0.3, -0.25) is 4.79 Å². The highest BCUT2D eigenvalue weighted by Gasteiger charge is 2.24. The fourth-order valence-electron chi connectivity index (χ4n) is 2.43. The minimum Gasteiger partial charge on any atom is -0.481 e. The summed E-state index contributed by atoms with van der Waals surface area (Å²) in [7, 11) is 1.60. The molecule has 3 rings (SSSR count). The first-order chi connectivity index (χ1) is 9.79. The van der Waals surface area contributed by atoms with Crippen LogP contribution in [0.1, 0.15) is 21.8 Å². The van der Waals surface area contributed by atoms with E-state index in [2.05, 4.69) is 9.97 Å². The first-order valence-corrected chi connectivity index (χ1v) is 6.49. The highest BCUT2D eigenvalue weighted by atomic mass is 16.5. The van der Waals surface area contributed by atoms with Crippen molar-refractivity contribution < 1.29 is 13.9 Å². The third-order valence-electron chi connectivity index (χ3n) is 3.46. The molecule has 6 nitrogen and oxygen atoms in total. The van der Waals surface area contributed by atoms with Gasteiger partial charge in [-0.1, -0.05) is 0 Å². The van der Waals surface area contributed by atoms with E-state index in [4.69, 9.17) is 9.15 Å². The molecular weight excluding hydrogens is 258 g/mol. The summed E-state index contributed by atoms with van der Waals surface area (Å²) in [4.78, 5) is 22.5. The van der Waals surface area contributed by atoms with Crippen LogP contribution in [0.5, 0.6) is 5.88 Å². The number of carbonyl (C=O) groups is 1. The summed E-state index contributed by atoms with van der Waals surface area (Å²) in [6.07, 6.45) is 4.39. The number of ether oxygens (including phenoxy) is 1. The molecule has 0 saturated carbocycles. The SMILES string of the molecule is COc1ncnc2c1CCN(C(=O)c1ccco1)CC2. The number of rotatable bonds is 2. The number of fused-ring (bicyclic) bond motifs is 1. The van der Waals surface area contributed by atoms with E-state index in [1.54, 1.807) is 24.1 Å². The summed E-state index contributed by atoms with van der Waals surface area (Å²) in [5.74, 6) is 0.881. The largest absolute Gasteiger partial charge is 0.481 e. The highest BCUT2D eigenvalue weighted by molar-refractivity contribution is 5.91. The molecule has 1 aliphatic heterocycles. The Morgan fingerprint density at radius 1 is 1.35 bits per heavy atom. The van der Waals surface area contributed by atoms with Crippen LogP contribution >= 0.6 is 0 Å². The van der Waals surface area contributed by atoms with Gasteiger partial charge >= 0.3 is 0 Å². The second-order valence-electron chi connectivity index (χ2n) is 4.58. The second-order valence-corrected chi connectivity index (χ2v) is 4.58. The van der Waals surface area contributed by atoms with E-state index in [1.165, 1.54) is 12.6 Å². The average Bonchev–Trinajstić information content (AvgIpc) is 2.92. The van der Waals surface area contributed by atoms with Crippen molar-refractivity contribution in [2.45, 2.75) is 12.8 Å². The van der Waals surface area contributed by atoms with Gasteiger partial charge in [-0.15, -0.1) is 0 Å². The second kappa shape index (κ2) is 5.32. The zero-order chi connectivity index (χ0) is 13.9. The molecule has 2 aromatic rings. The van der Waals surface area contributed by atoms with Gasteiger partial charge in [0.2, 0.25) is 5.88 Å². The van der Waals surface area contributed by atoms with Crippen LogP contribution in [-0.2, 0) is 12.8 Å². The lowest BCUT2D eigenvalue weighted by atomic mass is 10.1. The molecule has 0 N–H and O–H groups in total. The maximum atomic E-state index is 12.3. The number of hydrogen-bond donors (Lipinski definition) is 0. The molecule has 0 bridgehead atoms. The van der Waals surface area contributed by atoms with Gasteiger partial charge in [0.05, 0.1) is 19.1 Å². The molecule has 0 unspecified atom stereocenters. The summed E-state index contributed by atoms with van der Waals surface area (Å²) in [6, 6.07) is 3.40. The monoisotopic (exact) mass is 273 g/mol. The van der Waals surface area contributed by atoms with Crippen molar-refractivity contribution in [1.82, 2.24) is 14.9 Å². The molecule has 0 radical (unpaired) electrons. The van der Waals surface area contributed by atoms with Crippen LogP contribution < -0.4 is 4.74 Å². The topological polar surface area (TPSA) is 68.5 Å². The first-order valence-electron chi connectivity index (χ1n) is 6.49. The average molecular weight is 273 g/mol. The van der Waals surface area contributed by atoms with Crippen molar-refractivity contribution in [3.63, 3.8) is 0 Å². The van der Waals surface area contributed by atoms with E-state index >= 15 is 0 Å². The zero-order valence-electron chi connectivity index (χ0n) is 11.2. The van der Waals surface area contributed by atoms with Gasteiger partial charge in [-0.2, -0.15) is 0 Å². The Hall–Kier alpha value is -2.37. The van der Waals surface area contributed by atoms with Crippen LogP contribution in [0.25, 0.3) is 0 Å². The smallest absolute Gasteiger partial charge is 0.289 e. The Morgan fingerprint density at radius 3 is 2.95 bits per heavy atom. The van der Waals surface area contributed by atoms with Gasteiger partial charge in [0.1, 0.15) is 6.33 Å². The molecule has 0 fully saturated rings. The van der Waals surface area contributed by atoms with Crippen LogP contribution in [0.3, 0.4) is 0 Å². The fourth-order valence-corrected chi connectivity index (χ4v) is 2.43. The number of hydrogen-bond acceptors (Lipinski definition) is 5. The van der Waals surface area contributed by atoms with E-state index in [-0.39, 0.29) is 5.91 Å². The summed E-state index contributed by atoms with van der Waals surface area (Å²) in [5.41, 5.74) is 1.94. The van der Waals surface area contributed by atoms with Crippen LogP contribution in [-0.4, -0.2) is 41.0 Å². The molecule has 6 heteroatoms. The summed E-state index contributed by atoms with van der Waals surface area (Å²) in [6.45, 7) is 1.23. The maximum absolute atomic E-state index is 12.3. The Bertz CT molecular complexity index is 610. The standard InChI is InChI=1S/C14H15N3O3/c1-19-13-10-4-6-17(7-5-11(10)15-9-16-13)14(18)12-3-2-8-20-12/h2-3,8-9H,4-7H2,1H3. The lowest BCUT2D eigenvalue weighted by Gasteiger charge is -2.18. The van der Waals surface area contributed by atoms with Gasteiger partial charge < -0.3 is 14.1 Å². The number of methoxy groups -OCH3 is 1. The lowest BCUT2D eigenvalue weighted by molar-refractivity contribution is 0.0731. The van der Waals surface area contributed by atoms with E-state index in [0.29, 0.717) is 37.6 Å². The predicted molar refractivity (Wildman–Crippen MR) is 70.6 cm³/mol. The van der Waals surface area contributed by atoms with Crippen molar-refractivity contribution in [2.75, 3.05) is 20.2 Å². The Labute approximate surface area is 116 Å². The lowest BCUT2D eigenvalue weighted by Crippen LogP contribution is -2.33. The maximum Gasteiger partial charge on any atom is 0.289 e. The molecule has 104 valence electrons. The Kier molecular flexibility index (Phi) is 3.37. The minimum atomic E-state index is -0.0882. The summed E-state index contributed by atoms with van der Waals surface area (Å²) in [5, 5.41) is 0. The molecule has 1 aliphatic rings. The van der Waals surface area contributed by atoms with E-state index in [9.17, 15) is 4.79 Å². The number of amides is 1. The third kappa shape index (κ3) is 2.24. The van der Waals surface area contributed by atoms with Crippen LogP contribution in [0, 0.1) is 0 Å². The molecule has 0 atom stereocenters. The van der Waals surface area contributed by atoms with Gasteiger partial charge in [0.15, 0.2) is 5.76 Å². The van der Waals surface area contributed by atoms with Crippen LogP contribution in [0.4, 0.5) is 0 Å². The Morgan fingerprint density at radius 2 is 2.20 bits per heavy atom. The van der Waals surface area contributed by atoms with E-state index in [0.717, 1.165) is 11.3 Å². The number of nitrogens with zero attached hydrogens (tertiary/aromatic N) is 3. The number of aromatic nitrogens is 2. The van der Waals surface area contributed by atoms with Gasteiger partial charge in [0.25, 0.3) is 5.91 Å². The molecule has 3 heterocycles. The first kappa shape index (κ1) is 12.7. The summed E-state index contributed by atoms with van der Waals surface area (Å²) < 4.78 is 10.4. The molecule has 1 amide bonds. The van der Waals surface area contributed by atoms with Crippen molar-refractivity contribution in [3.05, 3.63) is 41.7 Å². The van der Waals surface area contributed by atoms with Crippen molar-refractivity contribution in [1.29, 1.82) is 0 Å². The minimum absolute atomic E-state index is 0.0882. The van der Waals surface area contributed by atoms with E-state index < -0.39 is 0 Å². The van der Waals surface area contributed by atoms with Crippen molar-refractivity contribution >= 4 is 5.91 Å². The van der Waals surface area contributed by atoms with Crippen molar-refractivity contribution in [3.8, 4) is 5.88 Å². The van der Waals surface area contributed by atoms with Crippen LogP contribution in [0.2, 0.25) is 0 Å². The van der Waals surface area contributed by atoms with Gasteiger partial charge in [-0.05, 0) is 18.6 Å². The molecule has 2 aromatic heterocycles. The molecule has 0 spiro atoms. The molecule has 0 aliphatic carbocycles. The quantitative estimate of drug-likeness (QED) is 0.825. The summed E-state index contributed by atoms with van der Waals surface area (Å²) >= 11 is 0. The third-order valence-corrected chi connectivity index (χ3v) is 3.46. The molecule has 20 heavy (non-hydrogen) atoms. The van der Waals surface area contributed by atoms with Gasteiger partial charge in [-0.25, -0.2) is 9.97 Å². The number of furan rings is 1. The van der Waals surface area contributed by atoms with E-state index in [1.807, 2.05) is 0 Å². The van der Waals surface area contributed by atoms with Crippen molar-refractivity contribution in [2.24, 2.45) is 0 Å².